The Bertz CT molecular complexity index is 4300. The lowest BCUT2D eigenvalue weighted by molar-refractivity contribution is -0.254. The highest BCUT2D eigenvalue weighted by molar-refractivity contribution is 7.16. The van der Waals surface area contributed by atoms with Crippen LogP contribution >= 0.6 is 22.7 Å². The van der Waals surface area contributed by atoms with E-state index in [4.69, 9.17) is 9.47 Å². The van der Waals surface area contributed by atoms with Crippen molar-refractivity contribution in [3.63, 3.8) is 0 Å². The number of ether oxygens (including phenoxy) is 2. The predicted molar refractivity (Wildman–Crippen MR) is 363 cm³/mol. The fraction of sp³-hybridized carbons (Fsp3) is 0.400. The molecule has 0 radical (unpaired) electrons. The molecule has 8 rings (SSSR count). The second kappa shape index (κ2) is 34.6. The molecule has 0 aliphatic heterocycles. The average molecular weight is 1440 g/mol. The van der Waals surface area contributed by atoms with Crippen molar-refractivity contribution in [3.05, 3.63) is 196 Å². The number of unbranched alkanes of at least 4 members (excludes halogenated alkanes) is 18. The van der Waals surface area contributed by atoms with Gasteiger partial charge in [0.25, 0.3) is 0 Å². The lowest BCUT2D eigenvalue weighted by atomic mass is 9.87. The van der Waals surface area contributed by atoms with Crippen LogP contribution in [0.1, 0.15) is 228 Å². The van der Waals surface area contributed by atoms with E-state index in [1.54, 1.807) is 24.0 Å². The molecule has 0 saturated carbocycles. The number of thiophene rings is 2. The smallest absolute Gasteiger partial charge is 0.380 e. The maximum absolute atomic E-state index is 16.8. The summed E-state index contributed by atoms with van der Waals surface area (Å²) in [6.07, 6.45) is 22.0. The molecule has 0 N–H and O–H groups in total. The normalized spacial score (nSPS) is 13.7. The first kappa shape index (κ1) is 77.7. The van der Waals surface area contributed by atoms with Crippen LogP contribution < -0.4 is 9.47 Å². The van der Waals surface area contributed by atoms with Crippen molar-refractivity contribution in [3.8, 4) is 69.3 Å². The van der Waals surface area contributed by atoms with Crippen molar-refractivity contribution in [2.45, 2.75) is 193 Å². The zero-order valence-corrected chi connectivity index (χ0v) is 57.8. The van der Waals surface area contributed by atoms with Gasteiger partial charge in [-0.1, -0.05) is 222 Å². The second-order valence-electron chi connectivity index (χ2n) is 25.6. The minimum absolute atomic E-state index is 0.0885. The molecule has 20 heteroatoms. The summed E-state index contributed by atoms with van der Waals surface area (Å²) in [5, 5.41) is 0. The molecule has 0 fully saturated rings. The molecule has 0 spiro atoms. The van der Waals surface area contributed by atoms with Crippen LogP contribution in [0.2, 0.25) is 0 Å². The van der Waals surface area contributed by atoms with E-state index in [2.05, 4.69) is 64.2 Å². The van der Waals surface area contributed by atoms with Crippen LogP contribution in [0.15, 0.2) is 72.8 Å². The Morgan fingerprint density at radius 2 is 0.720 bits per heavy atom. The van der Waals surface area contributed by atoms with Gasteiger partial charge in [0, 0.05) is 49.7 Å². The number of aryl methyl sites for hydroxylation is 1. The van der Waals surface area contributed by atoms with Crippen molar-refractivity contribution in [1.29, 1.82) is 0 Å². The molecule has 2 nitrogen and oxygen atoms in total. The summed E-state index contributed by atoms with van der Waals surface area (Å²) in [7, 11) is 0. The molecule has 2 heterocycles. The summed E-state index contributed by atoms with van der Waals surface area (Å²) in [5.74, 6) is -20.7. The highest BCUT2D eigenvalue weighted by Gasteiger charge is 2.80. The molecule has 7 aromatic rings. The Kier molecular flexibility index (Phi) is 26.8. The highest BCUT2D eigenvalue weighted by Crippen LogP contribution is 2.66. The Morgan fingerprint density at radius 3 is 1.11 bits per heavy atom. The van der Waals surface area contributed by atoms with Gasteiger partial charge < -0.3 is 9.47 Å². The topological polar surface area (TPSA) is 18.5 Å². The molecule has 1 aliphatic carbocycles. The van der Waals surface area contributed by atoms with Gasteiger partial charge in [-0.3, -0.25) is 0 Å². The number of hydrogen-bond acceptors (Lipinski definition) is 4. The van der Waals surface area contributed by atoms with Crippen LogP contribution in [0, 0.1) is 112 Å². The molecule has 530 valence electrons. The van der Waals surface area contributed by atoms with Crippen LogP contribution in [0.25, 0.3) is 21.6 Å². The van der Waals surface area contributed by atoms with Gasteiger partial charge in [-0.05, 0) is 78.3 Å². The van der Waals surface area contributed by atoms with Crippen LogP contribution in [-0.2, 0) is 5.41 Å². The molecule has 1 aliphatic rings. The zero-order valence-electron chi connectivity index (χ0n) is 56.2. The van der Waals surface area contributed by atoms with Crippen LogP contribution in [-0.4, -0.2) is 31.0 Å². The summed E-state index contributed by atoms with van der Waals surface area (Å²) in [6, 6.07) is 17.9. The third-order valence-electron chi connectivity index (χ3n) is 17.1. The van der Waals surface area contributed by atoms with Gasteiger partial charge in [0.1, 0.15) is 22.6 Å². The van der Waals surface area contributed by atoms with Crippen molar-refractivity contribution < 1.29 is 79.7 Å². The van der Waals surface area contributed by atoms with Crippen LogP contribution in [0.3, 0.4) is 0 Å². The van der Waals surface area contributed by atoms with Crippen molar-refractivity contribution in [1.82, 2.24) is 0 Å². The molecular formula is C80H74F16O2S2. The number of alkyl halides is 6. The first-order valence-electron chi connectivity index (χ1n) is 33.4. The van der Waals surface area contributed by atoms with E-state index in [1.165, 1.54) is 88.5 Å². The van der Waals surface area contributed by atoms with Crippen LogP contribution in [0.4, 0.5) is 70.2 Å². The van der Waals surface area contributed by atoms with E-state index >= 15 is 26.3 Å². The Morgan fingerprint density at radius 1 is 0.380 bits per heavy atom. The van der Waals surface area contributed by atoms with E-state index in [0.717, 1.165) is 82.3 Å². The van der Waals surface area contributed by atoms with Gasteiger partial charge in [0.15, 0.2) is 46.5 Å². The molecular weight excluding hydrogens is 1360 g/mol. The number of rotatable bonds is 27. The summed E-state index contributed by atoms with van der Waals surface area (Å²) in [4.78, 5) is -2.09. The standard InChI is InChI=1S/C80H74F16O2S2/c1-7-9-11-13-15-17-19-21-23-25-43-97-62-46-54(36-30-51-31-37-55(38-32-51)77(4,5)6)63(98-44-26-24-22-20-18-16-14-12-10-8-2)45-53(62)35-29-50-27-33-52(34-28-50)76-61(48-57(100-76)40-42-59-68(83)72(87)75(90)73(88)69(59)84)65-64(78(91,92)80(95,96)79(65,93)94)60-47-56(99-49(60)3)39-41-58-66(81)70(85)74(89)71(86)67(58)82/h27-28,31-34,37-38,45-48H,7-26,43-44H2,1-6H3. The van der Waals surface area contributed by atoms with E-state index in [1.807, 2.05) is 30.2 Å². The molecule has 0 saturated heterocycles. The van der Waals surface area contributed by atoms with Gasteiger partial charge in [-0.25, -0.2) is 43.9 Å². The van der Waals surface area contributed by atoms with E-state index < -0.39 is 129 Å². The van der Waals surface area contributed by atoms with Crippen molar-refractivity contribution in [2.24, 2.45) is 0 Å². The predicted octanol–water partition coefficient (Wildman–Crippen LogP) is 24.5. The number of benzene rings is 5. The zero-order chi connectivity index (χ0) is 72.7. The van der Waals surface area contributed by atoms with Gasteiger partial charge in [0.05, 0.1) is 34.1 Å². The van der Waals surface area contributed by atoms with E-state index in [9.17, 15) is 43.9 Å². The minimum Gasteiger partial charge on any atom is -0.492 e. The van der Waals surface area contributed by atoms with Crippen molar-refractivity contribution in [2.75, 3.05) is 13.2 Å². The average Bonchev–Trinajstić information content (AvgIpc) is 1.52. The summed E-state index contributed by atoms with van der Waals surface area (Å²) < 4.78 is 256. The Labute approximate surface area is 582 Å². The summed E-state index contributed by atoms with van der Waals surface area (Å²) >= 11 is 0.663. The molecule has 0 unspecified atom stereocenters. The molecule has 0 amide bonds. The number of halogens is 16. The fourth-order valence-electron chi connectivity index (χ4n) is 11.3. The van der Waals surface area contributed by atoms with Gasteiger partial charge in [0.2, 0.25) is 11.6 Å². The monoisotopic (exact) mass is 1430 g/mol. The Balaban J connectivity index is 1.21. The highest BCUT2D eigenvalue weighted by atomic mass is 32.1. The van der Waals surface area contributed by atoms with Gasteiger partial charge in [-0.15, -0.1) is 22.7 Å². The quantitative estimate of drug-likeness (QED) is 0.0168. The third kappa shape index (κ3) is 18.2. The fourth-order valence-corrected chi connectivity index (χ4v) is 13.2. The maximum atomic E-state index is 16.8. The molecule has 0 bridgehead atoms. The Hall–Kier alpha value is -8.04. The lowest BCUT2D eigenvalue weighted by Crippen LogP contribution is -2.48. The second-order valence-corrected chi connectivity index (χ2v) is 27.9. The first-order chi connectivity index (χ1) is 47.5. The minimum atomic E-state index is -6.24. The lowest BCUT2D eigenvalue weighted by Gasteiger charge is -2.25. The largest absolute Gasteiger partial charge is 0.492 e. The molecule has 5 aromatic carbocycles. The van der Waals surface area contributed by atoms with Crippen molar-refractivity contribution >= 4 is 33.8 Å². The third-order valence-corrected chi connectivity index (χ3v) is 19.1. The number of allylic oxidation sites excluding steroid dienone is 2. The van der Waals surface area contributed by atoms with E-state index in [0.29, 0.717) is 70.6 Å². The number of hydrogen-bond donors (Lipinski definition) is 0. The molecule has 0 atom stereocenters. The maximum Gasteiger partial charge on any atom is 0.380 e. The molecule has 100 heavy (non-hydrogen) atoms. The van der Waals surface area contributed by atoms with Gasteiger partial charge in [-0.2, -0.15) is 26.3 Å². The van der Waals surface area contributed by atoms with Crippen LogP contribution in [0.5, 0.6) is 11.5 Å². The summed E-state index contributed by atoms with van der Waals surface area (Å²) in [5.41, 5.74) is -6.62. The summed E-state index contributed by atoms with van der Waals surface area (Å²) in [6.45, 7) is 12.4. The molecule has 2 aromatic heterocycles. The van der Waals surface area contributed by atoms with Gasteiger partial charge >= 0.3 is 17.8 Å². The SMILES string of the molecule is CCCCCCCCCCCCOc1cc(C#Cc2ccc(C(C)(C)C)cc2)c(OCCCCCCCCCCCC)cc1C#Cc1ccc(-c2sc(C#Cc3c(F)c(F)c(F)c(F)c3F)cc2C2=C(c3cc(C#Cc4c(F)c(F)c(F)c(F)c4F)sc3C)C(F)(F)C(F)(F)C2(F)F)cc1. The first-order valence-corrected chi connectivity index (χ1v) is 35.1. The van der Waals surface area contributed by atoms with E-state index in [-0.39, 0.29) is 16.5 Å².